The van der Waals surface area contributed by atoms with Gasteiger partial charge in [0.05, 0.1) is 5.25 Å². The van der Waals surface area contributed by atoms with Gasteiger partial charge in [0.15, 0.2) is 0 Å². The number of hydrogen-bond donors (Lipinski definition) is 1. The number of piperazine rings is 1. The van der Waals surface area contributed by atoms with E-state index in [2.05, 4.69) is 23.7 Å². The van der Waals surface area contributed by atoms with Crippen molar-refractivity contribution in [2.75, 3.05) is 33.2 Å². The van der Waals surface area contributed by atoms with E-state index in [-0.39, 0.29) is 5.25 Å². The van der Waals surface area contributed by atoms with Crippen LogP contribution >= 0.6 is 0 Å². The second-order valence-corrected chi connectivity index (χ2v) is 7.75. The zero-order chi connectivity index (χ0) is 13.2. The molecule has 0 aromatic heterocycles. The molecule has 2 aliphatic rings. The second kappa shape index (κ2) is 5.86. The van der Waals surface area contributed by atoms with Crippen molar-refractivity contribution < 1.29 is 8.42 Å². The number of hydrazine groups is 1. The van der Waals surface area contributed by atoms with Gasteiger partial charge in [-0.2, -0.15) is 0 Å². The fourth-order valence-corrected chi connectivity index (χ4v) is 4.28. The van der Waals surface area contributed by atoms with E-state index in [0.29, 0.717) is 5.92 Å². The van der Waals surface area contributed by atoms with Crippen molar-refractivity contribution in [3.63, 3.8) is 0 Å². The molecule has 6 heteroatoms. The zero-order valence-corrected chi connectivity index (χ0v) is 12.2. The molecule has 0 aromatic carbocycles. The fraction of sp³-hybridized carbons (Fsp3) is 1.00. The lowest BCUT2D eigenvalue weighted by molar-refractivity contribution is 0.134. The summed E-state index contributed by atoms with van der Waals surface area (Å²) in [5, 5.41) is 1.67. The Kier molecular flexibility index (Phi) is 4.64. The summed E-state index contributed by atoms with van der Waals surface area (Å²) in [6.45, 7) is 5.60. The Hall–Kier alpha value is -0.170. The molecule has 2 fully saturated rings. The third-order valence-electron chi connectivity index (χ3n) is 4.16. The normalized spacial score (nSPS) is 32.6. The lowest BCUT2D eigenvalue weighted by atomic mass is 9.91. The van der Waals surface area contributed by atoms with E-state index in [9.17, 15) is 8.42 Å². The fourth-order valence-electron chi connectivity index (χ4n) is 2.69. The smallest absolute Gasteiger partial charge is 0.227 e. The standard InChI is InChI=1S/C12H25N3O2S/c1-11-3-5-12(6-4-11)18(16,17)13-15-9-7-14(2)8-10-15/h11-13H,3-10H2,1-2H3. The second-order valence-electron chi connectivity index (χ2n) is 5.81. The summed E-state index contributed by atoms with van der Waals surface area (Å²) in [4.78, 5) is 4.99. The Morgan fingerprint density at radius 3 is 2.11 bits per heavy atom. The highest BCUT2D eigenvalue weighted by Crippen LogP contribution is 2.27. The van der Waals surface area contributed by atoms with Crippen LogP contribution in [0.1, 0.15) is 32.6 Å². The van der Waals surface area contributed by atoms with E-state index >= 15 is 0 Å². The van der Waals surface area contributed by atoms with Gasteiger partial charge in [-0.05, 0) is 38.6 Å². The molecule has 1 saturated carbocycles. The van der Waals surface area contributed by atoms with E-state index in [1.54, 1.807) is 0 Å². The minimum atomic E-state index is -3.17. The Morgan fingerprint density at radius 1 is 1.00 bits per heavy atom. The molecule has 106 valence electrons. The molecule has 18 heavy (non-hydrogen) atoms. The molecule has 0 spiro atoms. The van der Waals surface area contributed by atoms with Gasteiger partial charge in [-0.15, -0.1) is 4.83 Å². The zero-order valence-electron chi connectivity index (χ0n) is 11.4. The Bertz CT molecular complexity index is 356. The maximum absolute atomic E-state index is 12.3. The molecule has 0 bridgehead atoms. The molecule has 1 saturated heterocycles. The van der Waals surface area contributed by atoms with E-state index in [1.165, 1.54) is 0 Å². The summed E-state index contributed by atoms with van der Waals surface area (Å²) < 4.78 is 24.6. The minimum Gasteiger partial charge on any atom is -0.304 e. The molecule has 0 atom stereocenters. The molecule has 0 radical (unpaired) electrons. The maximum Gasteiger partial charge on any atom is 0.227 e. The van der Waals surface area contributed by atoms with E-state index in [1.807, 2.05) is 5.01 Å². The van der Waals surface area contributed by atoms with Crippen molar-refractivity contribution in [1.29, 1.82) is 0 Å². The largest absolute Gasteiger partial charge is 0.304 e. The van der Waals surface area contributed by atoms with Gasteiger partial charge in [0.1, 0.15) is 0 Å². The molecule has 1 aliphatic heterocycles. The molecular weight excluding hydrogens is 250 g/mol. The van der Waals surface area contributed by atoms with Crippen LogP contribution < -0.4 is 4.83 Å². The van der Waals surface area contributed by atoms with Crippen molar-refractivity contribution in [3.8, 4) is 0 Å². The first kappa shape index (κ1) is 14.2. The Balaban J connectivity index is 1.87. The van der Waals surface area contributed by atoms with Crippen LogP contribution in [-0.4, -0.2) is 56.8 Å². The van der Waals surface area contributed by atoms with Gasteiger partial charge in [0, 0.05) is 26.2 Å². The molecule has 1 aliphatic carbocycles. The topological polar surface area (TPSA) is 52.7 Å². The van der Waals surface area contributed by atoms with Gasteiger partial charge in [-0.1, -0.05) is 6.92 Å². The monoisotopic (exact) mass is 275 g/mol. The summed E-state index contributed by atoms with van der Waals surface area (Å²) in [6.07, 6.45) is 3.69. The SMILES string of the molecule is CC1CCC(S(=O)(=O)NN2CCN(C)CC2)CC1. The van der Waals surface area contributed by atoms with Crippen molar-refractivity contribution >= 4 is 10.0 Å². The molecule has 0 unspecified atom stereocenters. The summed E-state index contributed by atoms with van der Waals surface area (Å²) in [5.74, 6) is 0.681. The molecule has 0 aromatic rings. The lowest BCUT2D eigenvalue weighted by Gasteiger charge is -2.34. The van der Waals surface area contributed by atoms with E-state index in [4.69, 9.17) is 0 Å². The van der Waals surface area contributed by atoms with Crippen LogP contribution in [0, 0.1) is 5.92 Å². The maximum atomic E-state index is 12.3. The van der Waals surface area contributed by atoms with Crippen LogP contribution in [0.3, 0.4) is 0 Å². The van der Waals surface area contributed by atoms with E-state index < -0.39 is 10.0 Å². The van der Waals surface area contributed by atoms with Crippen LogP contribution in [0.15, 0.2) is 0 Å². The lowest BCUT2D eigenvalue weighted by Crippen LogP contribution is -2.54. The third-order valence-corrected chi connectivity index (χ3v) is 6.02. The van der Waals surface area contributed by atoms with Crippen LogP contribution in [0.25, 0.3) is 0 Å². The number of nitrogens with one attached hydrogen (secondary N) is 1. The first-order valence-electron chi connectivity index (χ1n) is 6.92. The van der Waals surface area contributed by atoms with Gasteiger partial charge >= 0.3 is 0 Å². The number of nitrogens with zero attached hydrogens (tertiary/aromatic N) is 2. The Morgan fingerprint density at radius 2 is 1.56 bits per heavy atom. The third kappa shape index (κ3) is 3.66. The van der Waals surface area contributed by atoms with Gasteiger partial charge in [0.25, 0.3) is 0 Å². The van der Waals surface area contributed by atoms with Gasteiger partial charge in [-0.25, -0.2) is 13.4 Å². The van der Waals surface area contributed by atoms with Crippen molar-refractivity contribution in [3.05, 3.63) is 0 Å². The molecule has 5 nitrogen and oxygen atoms in total. The van der Waals surface area contributed by atoms with Crippen molar-refractivity contribution in [1.82, 2.24) is 14.7 Å². The molecule has 1 heterocycles. The average Bonchev–Trinajstić information content (AvgIpc) is 2.32. The Labute approximate surface area is 111 Å². The molecule has 1 N–H and O–H groups in total. The van der Waals surface area contributed by atoms with Gasteiger partial charge < -0.3 is 4.90 Å². The van der Waals surface area contributed by atoms with Gasteiger partial charge in [0.2, 0.25) is 10.0 Å². The minimum absolute atomic E-state index is 0.187. The summed E-state index contributed by atoms with van der Waals surface area (Å²) in [5.41, 5.74) is 0. The van der Waals surface area contributed by atoms with Crippen LogP contribution in [0.2, 0.25) is 0 Å². The highest BCUT2D eigenvalue weighted by atomic mass is 32.2. The molecule has 2 rings (SSSR count). The highest BCUT2D eigenvalue weighted by molar-refractivity contribution is 7.90. The van der Waals surface area contributed by atoms with E-state index in [0.717, 1.165) is 51.9 Å². The van der Waals surface area contributed by atoms with Crippen molar-refractivity contribution in [2.24, 2.45) is 5.92 Å². The first-order chi connectivity index (χ1) is 8.47. The van der Waals surface area contributed by atoms with Crippen molar-refractivity contribution in [2.45, 2.75) is 37.9 Å². The van der Waals surface area contributed by atoms with Gasteiger partial charge in [-0.3, -0.25) is 0 Å². The predicted octanol–water partition coefficient (Wildman–Crippen LogP) is 0.647. The quantitative estimate of drug-likeness (QED) is 0.821. The number of rotatable bonds is 3. The average molecular weight is 275 g/mol. The summed E-state index contributed by atoms with van der Waals surface area (Å²) >= 11 is 0. The number of sulfonamides is 1. The first-order valence-corrected chi connectivity index (χ1v) is 8.47. The van der Waals surface area contributed by atoms with Crippen LogP contribution in [-0.2, 0) is 10.0 Å². The molecular formula is C12H25N3O2S. The summed E-state index contributed by atoms with van der Waals surface area (Å²) in [6, 6.07) is 0. The number of likely N-dealkylation sites (N-methyl/N-ethyl adjacent to an activating group) is 1. The summed E-state index contributed by atoms with van der Waals surface area (Å²) in [7, 11) is -1.10. The molecule has 0 amide bonds. The van der Waals surface area contributed by atoms with Crippen LogP contribution in [0.5, 0.6) is 0 Å². The number of hydrogen-bond acceptors (Lipinski definition) is 4. The van der Waals surface area contributed by atoms with Crippen LogP contribution in [0.4, 0.5) is 0 Å². The predicted molar refractivity (Wildman–Crippen MR) is 72.5 cm³/mol. The highest BCUT2D eigenvalue weighted by Gasteiger charge is 2.31.